The fourth-order valence-electron chi connectivity index (χ4n) is 11.1. The van der Waals surface area contributed by atoms with Gasteiger partial charge in [0.1, 0.15) is 21.4 Å². The Balaban J connectivity index is 1.12. The summed E-state index contributed by atoms with van der Waals surface area (Å²) in [5, 5.41) is 10.4. The molecule has 0 saturated heterocycles. The van der Waals surface area contributed by atoms with E-state index in [1.807, 2.05) is 30.3 Å². The highest BCUT2D eigenvalue weighted by molar-refractivity contribution is 7.30. The minimum atomic E-state index is -4.62. The Bertz CT molecular complexity index is 3530. The van der Waals surface area contributed by atoms with Crippen molar-refractivity contribution in [3.05, 3.63) is 173 Å². The van der Waals surface area contributed by atoms with Crippen molar-refractivity contribution in [2.45, 2.75) is 156 Å². The third-order valence-electron chi connectivity index (χ3n) is 15.9. The second-order valence-corrected chi connectivity index (χ2v) is 26.8. The number of ether oxygens (including phenoxy) is 2. The van der Waals surface area contributed by atoms with Crippen LogP contribution in [0.1, 0.15) is 162 Å². The molecule has 6 nitrogen and oxygen atoms in total. The molecule has 5 aromatic carbocycles. The van der Waals surface area contributed by atoms with E-state index < -0.39 is 36.2 Å². The second kappa shape index (κ2) is 31.9. The Labute approximate surface area is 536 Å². The molecule has 4 heterocycles. The Hall–Kier alpha value is -6.66. The Morgan fingerprint density at radius 1 is 0.483 bits per heavy atom. The average molecular weight is 1290 g/mol. The molecule has 0 spiro atoms. The zero-order chi connectivity index (χ0) is 62.9. The van der Waals surface area contributed by atoms with Gasteiger partial charge in [-0.1, -0.05) is 176 Å². The van der Waals surface area contributed by atoms with Crippen LogP contribution in [0.2, 0.25) is 0 Å². The van der Waals surface area contributed by atoms with E-state index in [1.54, 1.807) is 22.7 Å². The maximum Gasteiger partial charge on any atom is 0.416 e. The van der Waals surface area contributed by atoms with Gasteiger partial charge in [0.2, 0.25) is 6.71 Å². The molecule has 0 bridgehead atoms. The number of carboxylic acid groups (broad SMARTS) is 1. The van der Waals surface area contributed by atoms with Crippen molar-refractivity contribution < 1.29 is 45.7 Å². The Kier molecular flexibility index (Phi) is 23.9. The van der Waals surface area contributed by atoms with Gasteiger partial charge in [0.05, 0.1) is 35.4 Å². The van der Waals surface area contributed by atoms with Crippen LogP contribution in [0.15, 0.2) is 146 Å². The van der Waals surface area contributed by atoms with Gasteiger partial charge in [0.25, 0.3) is 0 Å². The largest absolute Gasteiger partial charge is 0.494 e. The highest BCUT2D eigenvalue weighted by Gasteiger charge is 2.35. The van der Waals surface area contributed by atoms with E-state index in [4.69, 9.17) is 9.47 Å². The first-order valence-corrected chi connectivity index (χ1v) is 34.6. The number of rotatable bonds is 33. The van der Waals surface area contributed by atoms with Crippen molar-refractivity contribution in [3.63, 3.8) is 0 Å². The minimum absolute atomic E-state index is 0.00641. The normalized spacial score (nSPS) is 11.8. The van der Waals surface area contributed by atoms with E-state index in [9.17, 15) is 36.2 Å². The van der Waals surface area contributed by atoms with Gasteiger partial charge >= 0.3 is 18.3 Å². The number of hydrogen-bond acceptors (Lipinski definition) is 9. The van der Waals surface area contributed by atoms with Gasteiger partial charge in [0, 0.05) is 41.4 Å². The smallest absolute Gasteiger partial charge is 0.416 e. The fourth-order valence-corrected chi connectivity index (χ4v) is 15.8. The van der Waals surface area contributed by atoms with Gasteiger partial charge in [0.15, 0.2) is 0 Å². The number of halogens is 6. The van der Waals surface area contributed by atoms with E-state index >= 15 is 0 Å². The molecule has 9 rings (SSSR count). The van der Waals surface area contributed by atoms with Crippen LogP contribution in [-0.2, 0) is 25.2 Å². The number of hydrogen-bond donors (Lipinski definition) is 1. The molecule has 0 aliphatic rings. The molecule has 89 heavy (non-hydrogen) atoms. The lowest BCUT2D eigenvalue weighted by Gasteiger charge is -2.26. The summed E-state index contributed by atoms with van der Waals surface area (Å²) < 4.78 is 96.5. The van der Waals surface area contributed by atoms with Crippen molar-refractivity contribution in [1.82, 2.24) is 4.98 Å². The molecule has 0 atom stereocenters. The predicted molar refractivity (Wildman–Crippen MR) is 362 cm³/mol. The summed E-state index contributed by atoms with van der Waals surface area (Å²) in [7, 11) is 0. The summed E-state index contributed by atoms with van der Waals surface area (Å²) in [6, 6.07) is 41.5. The van der Waals surface area contributed by atoms with E-state index in [0.29, 0.717) is 39.5 Å². The summed E-state index contributed by atoms with van der Waals surface area (Å²) in [5.41, 5.74) is 6.28. The van der Waals surface area contributed by atoms with Crippen molar-refractivity contribution in [2.75, 3.05) is 18.1 Å². The molecular formula is C72H77BF6N2O4S4. The van der Waals surface area contributed by atoms with Crippen molar-refractivity contribution in [3.8, 4) is 51.3 Å². The lowest BCUT2D eigenvalue weighted by Crippen LogP contribution is -2.52. The van der Waals surface area contributed by atoms with Crippen LogP contribution < -0.4 is 30.8 Å². The molecule has 0 aliphatic carbocycles. The number of aromatic nitrogens is 1. The average Bonchev–Trinajstić information content (AvgIpc) is 1.69. The molecule has 0 aliphatic heterocycles. The van der Waals surface area contributed by atoms with Crippen molar-refractivity contribution in [1.29, 1.82) is 0 Å². The van der Waals surface area contributed by atoms with Crippen molar-refractivity contribution in [2.24, 2.45) is 0 Å². The van der Waals surface area contributed by atoms with Gasteiger partial charge in [-0.3, -0.25) is 0 Å². The Morgan fingerprint density at radius 2 is 0.899 bits per heavy atom. The zero-order valence-corrected chi connectivity index (χ0v) is 54.3. The minimum Gasteiger partial charge on any atom is -0.494 e. The molecule has 1 N–H and O–H groups in total. The summed E-state index contributed by atoms with van der Waals surface area (Å²) in [6.45, 7) is 9.34. The second-order valence-electron chi connectivity index (χ2n) is 22.6. The first kappa shape index (κ1) is 66.8. The van der Waals surface area contributed by atoms with E-state index in [-0.39, 0.29) is 4.88 Å². The number of nitrogens with zero attached hydrogens (tertiary/aromatic N) is 2. The van der Waals surface area contributed by atoms with Gasteiger partial charge in [-0.2, -0.15) is 26.3 Å². The molecular weight excluding hydrogens is 1210 g/mol. The monoisotopic (exact) mass is 1290 g/mol. The number of thiazole rings is 1. The summed E-state index contributed by atoms with van der Waals surface area (Å²) >= 11 is 5.83. The van der Waals surface area contributed by atoms with Crippen LogP contribution in [0.3, 0.4) is 0 Å². The molecule has 468 valence electrons. The number of unbranched alkanes of at least 4 members (excludes halogenated alkanes) is 12. The number of carboxylic acids is 1. The number of anilines is 3. The zero-order valence-electron chi connectivity index (χ0n) is 51.0. The van der Waals surface area contributed by atoms with E-state index in [2.05, 4.69) is 98.2 Å². The number of carbonyl (C=O) groups is 1. The maximum absolute atomic E-state index is 14.0. The third kappa shape index (κ3) is 17.6. The van der Waals surface area contributed by atoms with Gasteiger partial charge in [-0.25, -0.2) is 9.78 Å². The highest BCUT2D eigenvalue weighted by atomic mass is 32.1. The molecule has 0 saturated carbocycles. The predicted octanol–water partition coefficient (Wildman–Crippen LogP) is 21.9. The SMILES string of the molecule is CCCCCCOc1ccc(N(c2ccc(OCCCCCC)cc2)c2ccc(-c3sc(-c4sc(-c5cc(B(c6ccc(C(F)(F)F)cc6)c6ccc(C(F)(F)F)cc6)c(-c6ncc(C(=O)O)s6)s5)cc4CCCCCC)cc3CCCCCC)cc2)cc1. The summed E-state index contributed by atoms with van der Waals surface area (Å²) in [5.74, 6) is 0.517. The summed E-state index contributed by atoms with van der Waals surface area (Å²) in [6.07, 6.45) is 11.5. The van der Waals surface area contributed by atoms with E-state index in [0.717, 1.165) is 179 Å². The number of alkyl halides is 6. The van der Waals surface area contributed by atoms with Crippen LogP contribution in [0.5, 0.6) is 11.5 Å². The number of thiophene rings is 3. The first-order valence-electron chi connectivity index (χ1n) is 31.4. The van der Waals surface area contributed by atoms with Crippen LogP contribution in [0, 0.1) is 0 Å². The third-order valence-corrected chi connectivity index (χ3v) is 21.0. The topological polar surface area (TPSA) is 71.9 Å². The number of aromatic carboxylic acids is 1. The lowest BCUT2D eigenvalue weighted by molar-refractivity contribution is -0.138. The quantitative estimate of drug-likeness (QED) is 0.0251. The fraction of sp³-hybridized carbons (Fsp3) is 0.361. The Morgan fingerprint density at radius 3 is 1.35 bits per heavy atom. The van der Waals surface area contributed by atoms with E-state index in [1.165, 1.54) is 83.5 Å². The first-order chi connectivity index (χ1) is 43.1. The van der Waals surface area contributed by atoms with Crippen LogP contribution in [0.4, 0.5) is 43.4 Å². The molecule has 0 radical (unpaired) electrons. The molecule has 0 unspecified atom stereocenters. The van der Waals surface area contributed by atoms with Crippen molar-refractivity contribution >= 4 is 91.5 Å². The number of benzene rings is 5. The van der Waals surface area contributed by atoms with Crippen LogP contribution in [-0.4, -0.2) is 36.0 Å². The molecule has 4 aromatic heterocycles. The standard InChI is InChI=1S/C72H77BF6N2O4S4/c1-5-9-13-17-21-50-46-64(88-66(50)49-23-33-56(34-24-49)81(57-35-39-59(40-36-57)84-43-19-15-11-7-3)58-37-41-60(42-38-58)85-44-20-16-12-8-4)67-51(22-18-14-10-6-2)45-62(86-67)63-47-61(68(87-63)69-80-48-65(89-69)70(82)83)73(54-29-25-52(26-30-54)71(74,75)76)55-31-27-53(28-32-55)72(77,78)79/h23-42,45-48H,5-22,43-44H2,1-4H3,(H,82,83). The van der Waals surface area contributed by atoms with Gasteiger partial charge in [-0.15, -0.1) is 45.3 Å². The molecule has 17 heteroatoms. The lowest BCUT2D eigenvalue weighted by atomic mass is 9.36. The van der Waals surface area contributed by atoms with Crippen LogP contribution >= 0.6 is 45.3 Å². The van der Waals surface area contributed by atoms with Gasteiger partial charge in [-0.05, 0) is 140 Å². The maximum atomic E-state index is 14.0. The number of aryl methyl sites for hydroxylation is 2. The van der Waals surface area contributed by atoms with Crippen LogP contribution in [0.25, 0.3) is 39.8 Å². The van der Waals surface area contributed by atoms with Gasteiger partial charge < -0.3 is 19.5 Å². The molecule has 0 amide bonds. The summed E-state index contributed by atoms with van der Waals surface area (Å²) in [4.78, 5) is 25.0. The molecule has 0 fully saturated rings. The highest BCUT2D eigenvalue weighted by Crippen LogP contribution is 2.48. The molecule has 9 aromatic rings.